The highest BCUT2D eigenvalue weighted by atomic mass is 32.1. The van der Waals surface area contributed by atoms with E-state index in [1.54, 1.807) is 11.3 Å². The SMILES string of the molecule is CCNC(Cc1ccc(CC)cn1)c1scnc1C. The number of nitrogens with zero attached hydrogens (tertiary/aromatic N) is 2. The van der Waals surface area contributed by atoms with E-state index in [1.165, 1.54) is 10.4 Å². The number of thiazole rings is 1. The highest BCUT2D eigenvalue weighted by Gasteiger charge is 2.16. The number of likely N-dealkylation sites (N-methyl/N-ethyl adjacent to an activating group) is 1. The Morgan fingerprint density at radius 2 is 2.11 bits per heavy atom. The van der Waals surface area contributed by atoms with Crippen molar-refractivity contribution in [3.8, 4) is 0 Å². The molecule has 0 aliphatic carbocycles. The molecule has 4 heteroatoms. The van der Waals surface area contributed by atoms with E-state index in [0.717, 1.165) is 30.8 Å². The molecule has 1 atom stereocenters. The van der Waals surface area contributed by atoms with Gasteiger partial charge >= 0.3 is 0 Å². The lowest BCUT2D eigenvalue weighted by Gasteiger charge is -2.16. The fraction of sp³-hybridized carbons (Fsp3) is 0.467. The van der Waals surface area contributed by atoms with E-state index in [2.05, 4.69) is 48.2 Å². The molecule has 0 radical (unpaired) electrons. The lowest BCUT2D eigenvalue weighted by Crippen LogP contribution is -2.23. The van der Waals surface area contributed by atoms with Crippen LogP contribution < -0.4 is 5.32 Å². The van der Waals surface area contributed by atoms with Crippen LogP contribution in [0.5, 0.6) is 0 Å². The van der Waals surface area contributed by atoms with Crippen molar-refractivity contribution in [2.24, 2.45) is 0 Å². The zero-order chi connectivity index (χ0) is 13.7. The van der Waals surface area contributed by atoms with Crippen LogP contribution in [0.1, 0.15) is 41.7 Å². The largest absolute Gasteiger partial charge is 0.309 e. The third-order valence-electron chi connectivity index (χ3n) is 3.26. The summed E-state index contributed by atoms with van der Waals surface area (Å²) in [6.07, 6.45) is 3.94. The Balaban J connectivity index is 2.14. The molecule has 1 unspecified atom stereocenters. The molecule has 0 saturated heterocycles. The van der Waals surface area contributed by atoms with Crippen molar-refractivity contribution in [2.75, 3.05) is 6.54 Å². The monoisotopic (exact) mass is 275 g/mol. The maximum atomic E-state index is 4.56. The lowest BCUT2D eigenvalue weighted by atomic mass is 10.1. The molecule has 19 heavy (non-hydrogen) atoms. The molecule has 0 aromatic carbocycles. The summed E-state index contributed by atoms with van der Waals surface area (Å²) in [5.74, 6) is 0. The molecule has 0 aliphatic heterocycles. The fourth-order valence-corrected chi connectivity index (χ4v) is 3.02. The van der Waals surface area contributed by atoms with Crippen LogP contribution in [0.3, 0.4) is 0 Å². The molecule has 0 aliphatic rings. The Bertz CT molecular complexity index is 504. The molecule has 2 aromatic rings. The van der Waals surface area contributed by atoms with E-state index in [9.17, 15) is 0 Å². The van der Waals surface area contributed by atoms with Crippen molar-refractivity contribution in [2.45, 2.75) is 39.7 Å². The van der Waals surface area contributed by atoms with Gasteiger partial charge < -0.3 is 5.32 Å². The Labute approximate surface area is 119 Å². The summed E-state index contributed by atoms with van der Waals surface area (Å²) in [6.45, 7) is 7.31. The Morgan fingerprint density at radius 3 is 2.63 bits per heavy atom. The third kappa shape index (κ3) is 3.61. The zero-order valence-corrected chi connectivity index (χ0v) is 12.6. The summed E-state index contributed by atoms with van der Waals surface area (Å²) >= 11 is 1.72. The van der Waals surface area contributed by atoms with E-state index in [-0.39, 0.29) is 0 Å². The summed E-state index contributed by atoms with van der Waals surface area (Å²) in [7, 11) is 0. The maximum Gasteiger partial charge on any atom is 0.0798 e. The molecule has 2 aromatic heterocycles. The van der Waals surface area contributed by atoms with Crippen molar-refractivity contribution in [1.29, 1.82) is 0 Å². The molecule has 102 valence electrons. The second kappa shape index (κ2) is 6.78. The van der Waals surface area contributed by atoms with Crippen molar-refractivity contribution in [3.63, 3.8) is 0 Å². The van der Waals surface area contributed by atoms with E-state index >= 15 is 0 Å². The van der Waals surface area contributed by atoms with Gasteiger partial charge in [0.25, 0.3) is 0 Å². The highest BCUT2D eigenvalue weighted by molar-refractivity contribution is 7.09. The second-order valence-electron chi connectivity index (χ2n) is 4.63. The maximum absolute atomic E-state index is 4.56. The molecule has 1 N–H and O–H groups in total. The van der Waals surface area contributed by atoms with Crippen LogP contribution in [0.4, 0.5) is 0 Å². The number of aromatic nitrogens is 2. The average Bonchev–Trinajstić information content (AvgIpc) is 2.85. The van der Waals surface area contributed by atoms with Crippen molar-refractivity contribution in [1.82, 2.24) is 15.3 Å². The molecule has 0 saturated carbocycles. The molecule has 0 amide bonds. The molecule has 3 nitrogen and oxygen atoms in total. The number of hydrogen-bond acceptors (Lipinski definition) is 4. The van der Waals surface area contributed by atoms with Gasteiger partial charge in [-0.15, -0.1) is 11.3 Å². The van der Waals surface area contributed by atoms with Crippen LogP contribution in [0.25, 0.3) is 0 Å². The lowest BCUT2D eigenvalue weighted by molar-refractivity contribution is 0.549. The average molecular weight is 275 g/mol. The number of aryl methyl sites for hydroxylation is 2. The molecule has 0 spiro atoms. The van der Waals surface area contributed by atoms with Crippen LogP contribution >= 0.6 is 11.3 Å². The number of rotatable bonds is 6. The van der Waals surface area contributed by atoms with Gasteiger partial charge in [-0.3, -0.25) is 4.98 Å². The van der Waals surface area contributed by atoms with Gasteiger partial charge in [0.1, 0.15) is 0 Å². The topological polar surface area (TPSA) is 37.8 Å². The minimum Gasteiger partial charge on any atom is -0.309 e. The Hall–Kier alpha value is -1.26. The fourth-order valence-electron chi connectivity index (χ4n) is 2.14. The smallest absolute Gasteiger partial charge is 0.0798 e. The Kier molecular flexibility index (Phi) is 5.05. The number of hydrogen-bond donors (Lipinski definition) is 1. The van der Waals surface area contributed by atoms with Crippen LogP contribution in [-0.4, -0.2) is 16.5 Å². The molecule has 2 rings (SSSR count). The molecule has 0 fully saturated rings. The number of pyridine rings is 1. The molecular formula is C15H21N3S. The van der Waals surface area contributed by atoms with Crippen molar-refractivity contribution < 1.29 is 0 Å². The zero-order valence-electron chi connectivity index (χ0n) is 11.8. The summed E-state index contributed by atoms with van der Waals surface area (Å²) < 4.78 is 0. The second-order valence-corrected chi connectivity index (χ2v) is 5.51. The van der Waals surface area contributed by atoms with Gasteiger partial charge in [0.05, 0.1) is 11.2 Å². The minimum atomic E-state index is 0.317. The van der Waals surface area contributed by atoms with Gasteiger partial charge in [0.2, 0.25) is 0 Å². The normalized spacial score (nSPS) is 12.6. The van der Waals surface area contributed by atoms with Gasteiger partial charge in [-0.25, -0.2) is 4.98 Å². The van der Waals surface area contributed by atoms with Gasteiger partial charge in [-0.1, -0.05) is 19.9 Å². The third-order valence-corrected chi connectivity index (χ3v) is 4.30. The number of nitrogens with one attached hydrogen (secondary N) is 1. The quantitative estimate of drug-likeness (QED) is 0.879. The standard InChI is InChI=1S/C15H21N3S/c1-4-12-6-7-13(17-9-12)8-14(16-5-2)15-11(3)18-10-19-15/h6-7,9-10,14,16H,4-5,8H2,1-3H3. The van der Waals surface area contributed by atoms with Crippen LogP contribution in [0, 0.1) is 6.92 Å². The first-order chi connectivity index (χ1) is 9.24. The van der Waals surface area contributed by atoms with E-state index < -0.39 is 0 Å². The first-order valence-electron chi connectivity index (χ1n) is 6.81. The van der Waals surface area contributed by atoms with Crippen molar-refractivity contribution in [3.05, 3.63) is 45.7 Å². The van der Waals surface area contributed by atoms with Crippen LogP contribution in [0.15, 0.2) is 23.8 Å². The molecule has 0 bridgehead atoms. The van der Waals surface area contributed by atoms with Gasteiger partial charge in [0, 0.05) is 29.2 Å². The summed E-state index contributed by atoms with van der Waals surface area (Å²) in [6, 6.07) is 4.63. The minimum absolute atomic E-state index is 0.317. The van der Waals surface area contributed by atoms with Crippen molar-refractivity contribution >= 4 is 11.3 Å². The van der Waals surface area contributed by atoms with Gasteiger partial charge in [-0.05, 0) is 31.5 Å². The van der Waals surface area contributed by atoms with E-state index in [1.807, 2.05) is 11.7 Å². The summed E-state index contributed by atoms with van der Waals surface area (Å²) in [5.41, 5.74) is 5.47. The van der Waals surface area contributed by atoms with E-state index in [0.29, 0.717) is 6.04 Å². The van der Waals surface area contributed by atoms with Crippen LogP contribution in [0.2, 0.25) is 0 Å². The predicted octanol–water partition coefficient (Wildman–Crippen LogP) is 3.30. The Morgan fingerprint density at radius 1 is 1.26 bits per heavy atom. The van der Waals surface area contributed by atoms with Crippen LogP contribution in [-0.2, 0) is 12.8 Å². The van der Waals surface area contributed by atoms with Gasteiger partial charge in [-0.2, -0.15) is 0 Å². The molecular weight excluding hydrogens is 254 g/mol. The van der Waals surface area contributed by atoms with Gasteiger partial charge in [0.15, 0.2) is 0 Å². The highest BCUT2D eigenvalue weighted by Crippen LogP contribution is 2.24. The first kappa shape index (κ1) is 14.2. The summed E-state index contributed by atoms with van der Waals surface area (Å²) in [5, 5.41) is 3.53. The predicted molar refractivity (Wildman–Crippen MR) is 80.6 cm³/mol. The summed E-state index contributed by atoms with van der Waals surface area (Å²) in [4.78, 5) is 10.2. The molecule has 2 heterocycles. The first-order valence-corrected chi connectivity index (χ1v) is 7.69. The van der Waals surface area contributed by atoms with E-state index in [4.69, 9.17) is 0 Å².